The first kappa shape index (κ1) is 31.9. The maximum atomic E-state index is 12.9. The Morgan fingerprint density at radius 2 is 1.80 bits per heavy atom. The Hall–Kier alpha value is -3.66. The fourth-order valence-electron chi connectivity index (χ4n) is 4.35. The van der Waals surface area contributed by atoms with Gasteiger partial charge in [0.25, 0.3) is 0 Å². The van der Waals surface area contributed by atoms with Crippen LogP contribution in [-0.4, -0.2) is 49.1 Å². The smallest absolute Gasteiger partial charge is 0.244 e. The van der Waals surface area contributed by atoms with E-state index in [0.29, 0.717) is 32.4 Å². The van der Waals surface area contributed by atoms with Crippen LogP contribution in [0, 0.1) is 0 Å². The number of thioether (sulfide) groups is 1. The molecule has 4 rings (SSSR count). The molecule has 1 fully saturated rings. The number of allylic oxidation sites excluding steroid dienone is 5. The quantitative estimate of drug-likeness (QED) is 0.320. The maximum absolute atomic E-state index is 12.9. The van der Waals surface area contributed by atoms with Crippen LogP contribution < -0.4 is 27.0 Å². The lowest BCUT2D eigenvalue weighted by atomic mass is 9.88. The van der Waals surface area contributed by atoms with Gasteiger partial charge in [0, 0.05) is 18.2 Å². The van der Waals surface area contributed by atoms with Crippen LogP contribution in [0.5, 0.6) is 0 Å². The molecular formula is C32H41N5O3S. The van der Waals surface area contributed by atoms with Gasteiger partial charge in [0.1, 0.15) is 6.04 Å². The summed E-state index contributed by atoms with van der Waals surface area (Å²) >= 11 is 1.69. The average molecular weight is 576 g/mol. The summed E-state index contributed by atoms with van der Waals surface area (Å²) in [7, 11) is 0. The third-order valence-electron chi connectivity index (χ3n) is 6.80. The summed E-state index contributed by atoms with van der Waals surface area (Å²) in [5, 5.41) is 15.5. The number of nitrogens with two attached hydrogens (primary N) is 1. The fourth-order valence-corrected chi connectivity index (χ4v) is 4.96. The molecule has 0 spiro atoms. The summed E-state index contributed by atoms with van der Waals surface area (Å²) < 4.78 is 0. The molecule has 8 nitrogen and oxygen atoms in total. The van der Waals surface area contributed by atoms with E-state index in [4.69, 9.17) is 5.73 Å². The van der Waals surface area contributed by atoms with Crippen LogP contribution in [0.4, 0.5) is 0 Å². The summed E-state index contributed by atoms with van der Waals surface area (Å²) in [6, 6.07) is 13.1. The van der Waals surface area contributed by atoms with Crippen molar-refractivity contribution in [1.82, 2.24) is 21.3 Å². The molecule has 41 heavy (non-hydrogen) atoms. The molecule has 0 radical (unpaired) electrons. The van der Waals surface area contributed by atoms with E-state index in [1.807, 2.05) is 54.6 Å². The van der Waals surface area contributed by atoms with E-state index in [2.05, 4.69) is 52.3 Å². The predicted molar refractivity (Wildman–Crippen MR) is 169 cm³/mol. The molecule has 218 valence electrons. The molecule has 2 aliphatic rings. The largest absolute Gasteiger partial charge is 0.342 e. The number of hydrogen-bond donors (Lipinski definition) is 5. The summed E-state index contributed by atoms with van der Waals surface area (Å²) in [5.41, 5.74) is 7.63. The van der Waals surface area contributed by atoms with E-state index in [1.54, 1.807) is 11.8 Å². The summed E-state index contributed by atoms with van der Waals surface area (Å²) in [4.78, 5) is 37.9. The van der Waals surface area contributed by atoms with Crippen LogP contribution in [0.3, 0.4) is 0 Å². The van der Waals surface area contributed by atoms with Crippen molar-refractivity contribution in [3.63, 3.8) is 0 Å². The molecule has 1 unspecified atom stereocenters. The molecule has 1 atom stereocenters. The summed E-state index contributed by atoms with van der Waals surface area (Å²) in [6.45, 7) is 8.71. The second-order valence-corrected chi connectivity index (χ2v) is 11.3. The minimum Gasteiger partial charge on any atom is -0.342 e. The van der Waals surface area contributed by atoms with Crippen molar-refractivity contribution in [2.45, 2.75) is 51.1 Å². The Bertz CT molecular complexity index is 1330. The molecule has 3 amide bonds. The first-order chi connectivity index (χ1) is 19.7. The van der Waals surface area contributed by atoms with Gasteiger partial charge in [-0.05, 0) is 67.1 Å². The van der Waals surface area contributed by atoms with Crippen molar-refractivity contribution < 1.29 is 14.4 Å². The molecule has 0 aromatic heterocycles. The number of carbonyl (C=O) groups is 3. The molecule has 2 aliphatic heterocycles. The van der Waals surface area contributed by atoms with Crippen molar-refractivity contribution in [2.75, 3.05) is 19.8 Å². The van der Waals surface area contributed by atoms with Crippen LogP contribution in [0.15, 0.2) is 89.2 Å². The lowest BCUT2D eigenvalue weighted by Gasteiger charge is -2.33. The van der Waals surface area contributed by atoms with Crippen molar-refractivity contribution in [3.8, 4) is 0 Å². The highest BCUT2D eigenvalue weighted by Crippen LogP contribution is 2.21. The number of piperidine rings is 1. The third-order valence-corrected chi connectivity index (χ3v) is 7.76. The predicted octanol–water partition coefficient (Wildman–Crippen LogP) is 3.81. The number of amides is 3. The number of hydrogen-bond acceptors (Lipinski definition) is 6. The zero-order valence-electron chi connectivity index (χ0n) is 23.9. The standard InChI is InChI=1S/C22H29N5O3.C10H12S/c1-15(28)25-14-26-20(29)19(27-21(30)22(23)8-10-24-11-9-22)13-16-6-7-17-4-2-3-5-18(17)12-16;1-9-6-4-3-5-7-10(2)11-8-9/h2-7,12,19,24H,8-11,13-14,23H2,1H3,(H,25,28)(H,26,29)(H,27,30);3-5,7-8H,2,6H2,1H3/b;4-3-,7-5-,9-8-. The number of benzene rings is 2. The van der Waals surface area contributed by atoms with Crippen LogP contribution >= 0.6 is 11.8 Å². The van der Waals surface area contributed by atoms with E-state index in [-0.39, 0.29) is 24.4 Å². The normalized spacial score (nSPS) is 19.9. The lowest BCUT2D eigenvalue weighted by molar-refractivity contribution is -0.132. The van der Waals surface area contributed by atoms with Crippen molar-refractivity contribution >= 4 is 40.3 Å². The number of carbonyl (C=O) groups excluding carboxylic acids is 3. The topological polar surface area (TPSA) is 125 Å². The Morgan fingerprint density at radius 1 is 1.07 bits per heavy atom. The molecule has 2 aromatic carbocycles. The van der Waals surface area contributed by atoms with E-state index >= 15 is 0 Å². The van der Waals surface area contributed by atoms with Gasteiger partial charge in [0.2, 0.25) is 17.7 Å². The minimum atomic E-state index is -0.995. The SMILES string of the molecule is C=C1/C=C\C=C/C/C(C)=C\S1.CC(=O)NCNC(=O)C(Cc1ccc2ccccc2c1)NC(=O)C1(N)CCNCC1. The molecule has 2 aromatic rings. The van der Waals surface area contributed by atoms with Crippen LogP contribution in [0.25, 0.3) is 10.8 Å². The Morgan fingerprint density at radius 3 is 2.54 bits per heavy atom. The van der Waals surface area contributed by atoms with Crippen molar-refractivity contribution in [1.29, 1.82) is 0 Å². The van der Waals surface area contributed by atoms with Gasteiger partial charge in [-0.25, -0.2) is 0 Å². The van der Waals surface area contributed by atoms with Gasteiger partial charge in [-0.2, -0.15) is 0 Å². The fraction of sp³-hybridized carbons (Fsp3) is 0.344. The van der Waals surface area contributed by atoms with E-state index in [1.165, 1.54) is 12.5 Å². The van der Waals surface area contributed by atoms with E-state index < -0.39 is 11.6 Å². The summed E-state index contributed by atoms with van der Waals surface area (Å²) in [5.74, 6) is -0.951. The minimum absolute atomic E-state index is 0.00402. The first-order valence-electron chi connectivity index (χ1n) is 13.8. The Labute approximate surface area is 247 Å². The molecule has 0 aliphatic carbocycles. The van der Waals surface area contributed by atoms with Gasteiger partial charge in [0.15, 0.2) is 0 Å². The number of nitrogens with one attached hydrogen (secondary N) is 4. The maximum Gasteiger partial charge on any atom is 0.244 e. The molecule has 0 bridgehead atoms. The van der Waals surface area contributed by atoms with Gasteiger partial charge in [-0.15, -0.1) is 0 Å². The third kappa shape index (κ3) is 10.7. The van der Waals surface area contributed by atoms with E-state index in [9.17, 15) is 14.4 Å². The Kier molecular flexibility index (Phi) is 12.4. The van der Waals surface area contributed by atoms with E-state index in [0.717, 1.165) is 27.7 Å². The summed E-state index contributed by atoms with van der Waals surface area (Å²) in [6.07, 6.45) is 10.7. The molecule has 2 heterocycles. The van der Waals surface area contributed by atoms with Crippen LogP contribution in [0.1, 0.15) is 38.7 Å². The monoisotopic (exact) mass is 575 g/mol. The molecule has 1 saturated heterocycles. The molecule has 0 saturated carbocycles. The second-order valence-electron chi connectivity index (χ2n) is 10.3. The molecule has 6 N–H and O–H groups in total. The Balaban J connectivity index is 0.000000352. The van der Waals surface area contributed by atoms with Crippen molar-refractivity contribution in [3.05, 3.63) is 94.8 Å². The van der Waals surface area contributed by atoms with Gasteiger partial charge >= 0.3 is 0 Å². The molecular weight excluding hydrogens is 534 g/mol. The average Bonchev–Trinajstić information content (AvgIpc) is 3.04. The lowest BCUT2D eigenvalue weighted by Crippen LogP contribution is -2.62. The first-order valence-corrected chi connectivity index (χ1v) is 14.7. The molecule has 9 heteroatoms. The second kappa shape index (κ2) is 16.0. The zero-order chi connectivity index (χ0) is 29.7. The van der Waals surface area contributed by atoms with Gasteiger partial charge in [-0.3, -0.25) is 14.4 Å². The van der Waals surface area contributed by atoms with Gasteiger partial charge in [-0.1, -0.05) is 84.6 Å². The van der Waals surface area contributed by atoms with Gasteiger partial charge in [0.05, 0.1) is 12.2 Å². The van der Waals surface area contributed by atoms with Gasteiger partial charge < -0.3 is 27.0 Å². The van der Waals surface area contributed by atoms with Crippen LogP contribution in [-0.2, 0) is 20.8 Å². The number of fused-ring (bicyclic) bond motifs is 1. The highest BCUT2D eigenvalue weighted by Gasteiger charge is 2.37. The zero-order valence-corrected chi connectivity index (χ0v) is 24.7. The highest BCUT2D eigenvalue weighted by atomic mass is 32.2. The number of rotatable bonds is 7. The highest BCUT2D eigenvalue weighted by molar-refractivity contribution is 8.06. The van der Waals surface area contributed by atoms with Crippen LogP contribution in [0.2, 0.25) is 0 Å². The van der Waals surface area contributed by atoms with Crippen molar-refractivity contribution in [2.24, 2.45) is 5.73 Å².